The van der Waals surface area contributed by atoms with Crippen molar-refractivity contribution in [2.24, 2.45) is 0 Å². The predicted octanol–water partition coefficient (Wildman–Crippen LogP) is 2.56. The van der Waals surface area contributed by atoms with Crippen LogP contribution in [0.5, 0.6) is 5.75 Å². The lowest BCUT2D eigenvalue weighted by Gasteiger charge is -2.16. The second kappa shape index (κ2) is 7.82. The molecule has 1 unspecified atom stereocenters. The highest BCUT2D eigenvalue weighted by Gasteiger charge is 2.30. The standard InChI is InChI=1S/C14H17F3N2O4/c1-8(23-7-14(15,16)17)13(21)19-10-4-5-11(18-9(2)20)12(6-10)22-3/h4-6,8H,7H2,1-3H3,(H,18,20)(H,19,21). The fraction of sp³-hybridized carbons (Fsp3) is 0.429. The van der Waals surface area contributed by atoms with E-state index in [0.717, 1.165) is 0 Å². The molecular formula is C14H17F3N2O4. The van der Waals surface area contributed by atoms with Crippen LogP contribution in [0.2, 0.25) is 0 Å². The molecule has 23 heavy (non-hydrogen) atoms. The monoisotopic (exact) mass is 334 g/mol. The van der Waals surface area contributed by atoms with E-state index in [9.17, 15) is 22.8 Å². The number of nitrogens with one attached hydrogen (secondary N) is 2. The fourth-order valence-corrected chi connectivity index (χ4v) is 1.60. The summed E-state index contributed by atoms with van der Waals surface area (Å²) in [5.74, 6) is -0.736. The van der Waals surface area contributed by atoms with Crippen LogP contribution in [-0.2, 0) is 14.3 Å². The summed E-state index contributed by atoms with van der Waals surface area (Å²) in [6.07, 6.45) is -5.78. The molecule has 1 aromatic carbocycles. The normalized spacial score (nSPS) is 12.4. The van der Waals surface area contributed by atoms with E-state index < -0.39 is 24.8 Å². The summed E-state index contributed by atoms with van der Waals surface area (Å²) >= 11 is 0. The minimum atomic E-state index is -4.50. The van der Waals surface area contributed by atoms with Crippen molar-refractivity contribution in [2.45, 2.75) is 26.1 Å². The van der Waals surface area contributed by atoms with Crippen LogP contribution in [0.3, 0.4) is 0 Å². The van der Waals surface area contributed by atoms with Crippen LogP contribution < -0.4 is 15.4 Å². The van der Waals surface area contributed by atoms with Crippen LogP contribution >= 0.6 is 0 Å². The molecule has 0 heterocycles. The number of hydrogen-bond acceptors (Lipinski definition) is 4. The highest BCUT2D eigenvalue weighted by atomic mass is 19.4. The van der Waals surface area contributed by atoms with Gasteiger partial charge in [0.1, 0.15) is 18.5 Å². The van der Waals surface area contributed by atoms with Gasteiger partial charge in [-0.2, -0.15) is 13.2 Å². The summed E-state index contributed by atoms with van der Waals surface area (Å²) in [5.41, 5.74) is 0.697. The Morgan fingerprint density at radius 1 is 1.26 bits per heavy atom. The van der Waals surface area contributed by atoms with Gasteiger partial charge in [0, 0.05) is 18.7 Å². The van der Waals surface area contributed by atoms with Crippen molar-refractivity contribution in [1.82, 2.24) is 0 Å². The van der Waals surface area contributed by atoms with Gasteiger partial charge in [-0.15, -0.1) is 0 Å². The van der Waals surface area contributed by atoms with Gasteiger partial charge in [-0.05, 0) is 19.1 Å². The van der Waals surface area contributed by atoms with Crippen molar-refractivity contribution in [3.05, 3.63) is 18.2 Å². The Hall–Kier alpha value is -2.29. The third-order valence-electron chi connectivity index (χ3n) is 2.65. The lowest BCUT2D eigenvalue weighted by atomic mass is 10.2. The Kier molecular flexibility index (Phi) is 6.38. The van der Waals surface area contributed by atoms with E-state index in [1.165, 1.54) is 39.2 Å². The largest absolute Gasteiger partial charge is 0.494 e. The van der Waals surface area contributed by atoms with Crippen molar-refractivity contribution in [2.75, 3.05) is 24.4 Å². The van der Waals surface area contributed by atoms with Crippen LogP contribution in [-0.4, -0.2) is 37.8 Å². The van der Waals surface area contributed by atoms with Gasteiger partial charge in [-0.3, -0.25) is 9.59 Å². The van der Waals surface area contributed by atoms with Gasteiger partial charge < -0.3 is 20.1 Å². The molecule has 0 saturated heterocycles. The average molecular weight is 334 g/mol. The maximum atomic E-state index is 12.0. The first-order chi connectivity index (χ1) is 10.6. The fourth-order valence-electron chi connectivity index (χ4n) is 1.60. The van der Waals surface area contributed by atoms with Crippen molar-refractivity contribution in [1.29, 1.82) is 0 Å². The average Bonchev–Trinajstić information content (AvgIpc) is 2.44. The van der Waals surface area contributed by atoms with Gasteiger partial charge in [0.2, 0.25) is 5.91 Å². The number of benzene rings is 1. The van der Waals surface area contributed by atoms with E-state index in [1.54, 1.807) is 0 Å². The van der Waals surface area contributed by atoms with E-state index in [4.69, 9.17) is 4.74 Å². The van der Waals surface area contributed by atoms with Gasteiger partial charge in [0.25, 0.3) is 5.91 Å². The molecule has 0 fully saturated rings. The molecule has 0 aliphatic rings. The Labute approximate surface area is 130 Å². The molecule has 1 rings (SSSR count). The van der Waals surface area contributed by atoms with E-state index >= 15 is 0 Å². The molecule has 0 bridgehead atoms. The summed E-state index contributed by atoms with van der Waals surface area (Å²) in [5, 5.41) is 4.95. The zero-order valence-electron chi connectivity index (χ0n) is 12.8. The smallest absolute Gasteiger partial charge is 0.411 e. The summed E-state index contributed by atoms with van der Waals surface area (Å²) in [7, 11) is 1.38. The Morgan fingerprint density at radius 3 is 2.43 bits per heavy atom. The number of amides is 2. The number of hydrogen-bond donors (Lipinski definition) is 2. The SMILES string of the molecule is COc1cc(NC(=O)C(C)OCC(F)(F)F)ccc1NC(C)=O. The molecule has 0 radical (unpaired) electrons. The maximum absolute atomic E-state index is 12.0. The van der Waals surface area contributed by atoms with Crippen LogP contribution in [0.1, 0.15) is 13.8 Å². The Morgan fingerprint density at radius 2 is 1.91 bits per heavy atom. The van der Waals surface area contributed by atoms with Crippen molar-refractivity contribution in [3.8, 4) is 5.75 Å². The zero-order chi connectivity index (χ0) is 17.6. The van der Waals surface area contributed by atoms with Crippen LogP contribution in [0.4, 0.5) is 24.5 Å². The maximum Gasteiger partial charge on any atom is 0.411 e. The molecule has 0 aliphatic carbocycles. The van der Waals surface area contributed by atoms with E-state index in [0.29, 0.717) is 17.1 Å². The molecule has 1 atom stereocenters. The zero-order valence-corrected chi connectivity index (χ0v) is 12.8. The van der Waals surface area contributed by atoms with E-state index in [-0.39, 0.29) is 5.91 Å². The van der Waals surface area contributed by atoms with Gasteiger partial charge >= 0.3 is 6.18 Å². The molecule has 9 heteroatoms. The summed E-state index contributed by atoms with van der Waals surface area (Å²) < 4.78 is 45.7. The number of ether oxygens (including phenoxy) is 2. The molecule has 0 aromatic heterocycles. The predicted molar refractivity (Wildman–Crippen MR) is 77.4 cm³/mol. The molecular weight excluding hydrogens is 317 g/mol. The number of alkyl halides is 3. The molecule has 128 valence electrons. The molecule has 2 N–H and O–H groups in total. The number of halogens is 3. The summed E-state index contributed by atoms with van der Waals surface area (Å²) in [6, 6.07) is 4.40. The molecule has 0 saturated carbocycles. The van der Waals surface area contributed by atoms with Gasteiger partial charge in [-0.1, -0.05) is 0 Å². The third-order valence-corrected chi connectivity index (χ3v) is 2.65. The summed E-state index contributed by atoms with van der Waals surface area (Å²) in [4.78, 5) is 22.8. The Bertz CT molecular complexity index is 576. The second-order valence-electron chi connectivity index (χ2n) is 4.65. The molecule has 2 amide bonds. The number of anilines is 2. The highest BCUT2D eigenvalue weighted by molar-refractivity contribution is 5.95. The van der Waals surface area contributed by atoms with Crippen molar-refractivity contribution < 1.29 is 32.2 Å². The first kappa shape index (κ1) is 18.8. The topological polar surface area (TPSA) is 76.7 Å². The van der Waals surface area contributed by atoms with Crippen molar-refractivity contribution in [3.63, 3.8) is 0 Å². The summed E-state index contributed by atoms with van der Waals surface area (Å²) in [6.45, 7) is 1.03. The lowest BCUT2D eigenvalue weighted by Crippen LogP contribution is -2.31. The van der Waals surface area contributed by atoms with Gasteiger partial charge in [0.05, 0.1) is 12.8 Å². The van der Waals surface area contributed by atoms with Gasteiger partial charge in [-0.25, -0.2) is 0 Å². The first-order valence-corrected chi connectivity index (χ1v) is 6.57. The van der Waals surface area contributed by atoms with Gasteiger partial charge in [0.15, 0.2) is 0 Å². The van der Waals surface area contributed by atoms with Crippen LogP contribution in [0, 0.1) is 0 Å². The third kappa shape index (κ3) is 6.55. The number of rotatable bonds is 6. The van der Waals surface area contributed by atoms with Crippen LogP contribution in [0.25, 0.3) is 0 Å². The minimum absolute atomic E-state index is 0.293. The molecule has 0 aliphatic heterocycles. The number of carbonyl (C=O) groups is 2. The number of carbonyl (C=O) groups excluding carboxylic acids is 2. The quantitative estimate of drug-likeness (QED) is 0.838. The molecule has 1 aromatic rings. The lowest BCUT2D eigenvalue weighted by molar-refractivity contribution is -0.184. The number of methoxy groups -OCH3 is 1. The first-order valence-electron chi connectivity index (χ1n) is 6.57. The minimum Gasteiger partial charge on any atom is -0.494 e. The van der Waals surface area contributed by atoms with Crippen LogP contribution in [0.15, 0.2) is 18.2 Å². The Balaban J connectivity index is 2.72. The highest BCUT2D eigenvalue weighted by Crippen LogP contribution is 2.28. The van der Waals surface area contributed by atoms with Crippen molar-refractivity contribution >= 4 is 23.2 Å². The van der Waals surface area contributed by atoms with E-state index in [1.807, 2.05) is 0 Å². The second-order valence-corrected chi connectivity index (χ2v) is 4.65. The molecule has 0 spiro atoms. The molecule has 6 nitrogen and oxygen atoms in total. The van der Waals surface area contributed by atoms with E-state index in [2.05, 4.69) is 15.4 Å².